The molecule has 3 aromatic carbocycles. The van der Waals surface area contributed by atoms with E-state index in [2.05, 4.69) is 48.6 Å². The van der Waals surface area contributed by atoms with Crippen LogP contribution in [0.3, 0.4) is 0 Å². The van der Waals surface area contributed by atoms with Gasteiger partial charge in [0.05, 0.1) is 7.11 Å². The van der Waals surface area contributed by atoms with Crippen LogP contribution in [0.5, 0.6) is 5.75 Å². The Balaban J connectivity index is 1.71. The lowest BCUT2D eigenvalue weighted by Crippen LogP contribution is -2.18. The Bertz CT molecular complexity index is 847. The van der Waals surface area contributed by atoms with Crippen LogP contribution in [0.1, 0.15) is 24.1 Å². The van der Waals surface area contributed by atoms with Crippen LogP contribution in [-0.2, 0) is 6.54 Å². The fraction of sp³-hybridized carbons (Fsp3) is 0.182. The molecular weight excluding hydrogens is 330 g/mol. The number of hydrogen-bond acceptors (Lipinski definition) is 2. The highest BCUT2D eigenvalue weighted by molar-refractivity contribution is 6.33. The van der Waals surface area contributed by atoms with Crippen molar-refractivity contribution in [3.05, 3.63) is 88.9 Å². The Kier molecular flexibility index (Phi) is 5.75. The summed E-state index contributed by atoms with van der Waals surface area (Å²) in [7, 11) is 1.69. The van der Waals surface area contributed by atoms with E-state index in [0.29, 0.717) is 0 Å². The summed E-state index contributed by atoms with van der Waals surface area (Å²) >= 11 is 6.32. The summed E-state index contributed by atoms with van der Waals surface area (Å²) in [6.45, 7) is 2.95. The minimum Gasteiger partial charge on any atom is -0.497 e. The van der Waals surface area contributed by atoms with Crippen molar-refractivity contribution in [3.63, 3.8) is 0 Å². The fourth-order valence-corrected chi connectivity index (χ4v) is 3.09. The van der Waals surface area contributed by atoms with E-state index in [4.69, 9.17) is 16.3 Å². The minimum absolute atomic E-state index is 0.235. The molecule has 3 heteroatoms. The van der Waals surface area contributed by atoms with Crippen molar-refractivity contribution in [2.75, 3.05) is 7.11 Å². The maximum absolute atomic E-state index is 6.32. The van der Waals surface area contributed by atoms with Crippen LogP contribution in [0.15, 0.2) is 72.8 Å². The first-order valence-corrected chi connectivity index (χ1v) is 8.76. The van der Waals surface area contributed by atoms with Crippen LogP contribution in [0.2, 0.25) is 5.02 Å². The number of nitrogens with one attached hydrogen (secondary N) is 1. The maximum atomic E-state index is 6.32. The van der Waals surface area contributed by atoms with Crippen LogP contribution in [0.25, 0.3) is 11.1 Å². The second-order valence-corrected chi connectivity index (χ2v) is 6.47. The molecule has 0 unspecified atom stereocenters. The highest BCUT2D eigenvalue weighted by Gasteiger charge is 2.07. The van der Waals surface area contributed by atoms with Crippen molar-refractivity contribution < 1.29 is 4.74 Å². The lowest BCUT2D eigenvalue weighted by Gasteiger charge is -2.16. The molecule has 0 fully saturated rings. The van der Waals surface area contributed by atoms with Gasteiger partial charge in [-0.15, -0.1) is 0 Å². The molecule has 0 aromatic heterocycles. The van der Waals surface area contributed by atoms with Crippen molar-refractivity contribution in [3.8, 4) is 16.9 Å². The molecule has 0 bridgehead atoms. The number of halogens is 1. The summed E-state index contributed by atoms with van der Waals surface area (Å²) in [5.74, 6) is 0.881. The topological polar surface area (TPSA) is 21.3 Å². The minimum atomic E-state index is 0.235. The van der Waals surface area contributed by atoms with Gasteiger partial charge in [0.15, 0.2) is 0 Å². The van der Waals surface area contributed by atoms with Gasteiger partial charge in [-0.25, -0.2) is 0 Å². The molecule has 0 saturated heterocycles. The Hall–Kier alpha value is -2.29. The zero-order chi connectivity index (χ0) is 17.6. The molecular formula is C22H22ClNO. The Labute approximate surface area is 154 Å². The summed E-state index contributed by atoms with van der Waals surface area (Å²) in [4.78, 5) is 0. The van der Waals surface area contributed by atoms with Crippen LogP contribution in [-0.4, -0.2) is 7.11 Å². The first-order valence-electron chi connectivity index (χ1n) is 8.38. The van der Waals surface area contributed by atoms with Gasteiger partial charge < -0.3 is 10.1 Å². The van der Waals surface area contributed by atoms with Crippen LogP contribution in [0, 0.1) is 0 Å². The van der Waals surface area contributed by atoms with E-state index in [1.807, 2.05) is 36.4 Å². The second kappa shape index (κ2) is 8.19. The van der Waals surface area contributed by atoms with Gasteiger partial charge in [-0.2, -0.15) is 0 Å². The maximum Gasteiger partial charge on any atom is 0.119 e. The highest BCUT2D eigenvalue weighted by Crippen LogP contribution is 2.28. The van der Waals surface area contributed by atoms with Crippen LogP contribution >= 0.6 is 11.6 Å². The molecule has 1 atom stereocenters. The Morgan fingerprint density at radius 3 is 2.56 bits per heavy atom. The van der Waals surface area contributed by atoms with Gasteiger partial charge >= 0.3 is 0 Å². The Morgan fingerprint density at radius 2 is 1.76 bits per heavy atom. The van der Waals surface area contributed by atoms with E-state index < -0.39 is 0 Å². The third kappa shape index (κ3) is 4.41. The van der Waals surface area contributed by atoms with Crippen molar-refractivity contribution >= 4 is 11.6 Å². The van der Waals surface area contributed by atoms with E-state index in [0.717, 1.165) is 28.4 Å². The molecule has 0 radical (unpaired) electrons. The lowest BCUT2D eigenvalue weighted by atomic mass is 10.0. The van der Waals surface area contributed by atoms with Gasteiger partial charge in [0.1, 0.15) is 5.75 Å². The molecule has 0 aliphatic heterocycles. The summed E-state index contributed by atoms with van der Waals surface area (Å²) in [6, 6.07) is 24.8. The molecule has 2 nitrogen and oxygen atoms in total. The molecule has 1 N–H and O–H groups in total. The molecule has 3 aromatic rings. The SMILES string of the molecule is COc1cccc([C@@H](C)NCc2cccc(-c3ccccc3Cl)c2)c1. The van der Waals surface area contributed by atoms with Crippen LogP contribution < -0.4 is 10.1 Å². The standard InChI is InChI=1S/C22H22ClNO/c1-16(18-8-6-10-20(14-18)25-2)24-15-17-7-5-9-19(13-17)21-11-3-4-12-22(21)23/h3-14,16,24H,15H2,1-2H3/t16-/m1/s1. The number of benzene rings is 3. The van der Waals surface area contributed by atoms with Crippen molar-refractivity contribution in [2.45, 2.75) is 19.5 Å². The van der Waals surface area contributed by atoms with Crippen molar-refractivity contribution in [1.29, 1.82) is 0 Å². The van der Waals surface area contributed by atoms with Crippen LogP contribution in [0.4, 0.5) is 0 Å². The van der Waals surface area contributed by atoms with E-state index in [1.54, 1.807) is 7.11 Å². The van der Waals surface area contributed by atoms with Crippen molar-refractivity contribution in [2.24, 2.45) is 0 Å². The molecule has 25 heavy (non-hydrogen) atoms. The summed E-state index contributed by atoms with van der Waals surface area (Å²) in [6.07, 6.45) is 0. The molecule has 0 amide bonds. The first kappa shape index (κ1) is 17.5. The molecule has 0 saturated carbocycles. The fourth-order valence-electron chi connectivity index (χ4n) is 2.84. The Morgan fingerprint density at radius 1 is 0.960 bits per heavy atom. The monoisotopic (exact) mass is 351 g/mol. The highest BCUT2D eigenvalue weighted by atomic mass is 35.5. The predicted molar refractivity (Wildman–Crippen MR) is 105 cm³/mol. The predicted octanol–water partition coefficient (Wildman–Crippen LogP) is 5.87. The number of rotatable bonds is 6. The third-order valence-corrected chi connectivity index (χ3v) is 4.65. The van der Waals surface area contributed by atoms with E-state index in [1.165, 1.54) is 11.1 Å². The molecule has 0 aliphatic rings. The molecule has 3 rings (SSSR count). The number of hydrogen-bond donors (Lipinski definition) is 1. The first-order chi connectivity index (χ1) is 12.2. The third-order valence-electron chi connectivity index (χ3n) is 4.32. The quantitative estimate of drug-likeness (QED) is 0.600. The zero-order valence-electron chi connectivity index (χ0n) is 14.5. The summed E-state index contributed by atoms with van der Waals surface area (Å²) in [5, 5.41) is 4.35. The largest absolute Gasteiger partial charge is 0.497 e. The van der Waals surface area contributed by atoms with E-state index in [-0.39, 0.29) is 6.04 Å². The van der Waals surface area contributed by atoms with Gasteiger partial charge in [-0.1, -0.05) is 60.1 Å². The average molecular weight is 352 g/mol. The number of ether oxygens (including phenoxy) is 1. The zero-order valence-corrected chi connectivity index (χ0v) is 15.3. The molecule has 0 heterocycles. The molecule has 0 spiro atoms. The molecule has 128 valence electrons. The lowest BCUT2D eigenvalue weighted by molar-refractivity contribution is 0.413. The van der Waals surface area contributed by atoms with Gasteiger partial charge in [-0.05, 0) is 47.9 Å². The smallest absolute Gasteiger partial charge is 0.119 e. The van der Waals surface area contributed by atoms with Gasteiger partial charge in [0, 0.05) is 23.2 Å². The summed E-state index contributed by atoms with van der Waals surface area (Å²) < 4.78 is 5.30. The number of methoxy groups -OCH3 is 1. The van der Waals surface area contributed by atoms with Gasteiger partial charge in [0.25, 0.3) is 0 Å². The van der Waals surface area contributed by atoms with Crippen molar-refractivity contribution in [1.82, 2.24) is 5.32 Å². The average Bonchev–Trinajstić information content (AvgIpc) is 2.66. The van der Waals surface area contributed by atoms with E-state index >= 15 is 0 Å². The summed E-state index contributed by atoms with van der Waals surface area (Å²) in [5.41, 5.74) is 4.64. The van der Waals surface area contributed by atoms with Gasteiger partial charge in [0.2, 0.25) is 0 Å². The van der Waals surface area contributed by atoms with E-state index in [9.17, 15) is 0 Å². The normalized spacial score (nSPS) is 12.0. The molecule has 0 aliphatic carbocycles. The second-order valence-electron chi connectivity index (χ2n) is 6.06. The van der Waals surface area contributed by atoms with Gasteiger partial charge in [-0.3, -0.25) is 0 Å².